The Bertz CT molecular complexity index is 3570. The van der Waals surface area contributed by atoms with Crippen LogP contribution < -0.4 is 32.7 Å². The minimum atomic E-state index is -2.16. The van der Waals surface area contributed by atoms with Gasteiger partial charge in [-0.25, -0.2) is 9.59 Å². The van der Waals surface area contributed by atoms with Crippen molar-refractivity contribution in [2.45, 2.75) is 167 Å². The summed E-state index contributed by atoms with van der Waals surface area (Å²) in [6.45, 7) is 12.0. The zero-order valence-corrected chi connectivity index (χ0v) is 55.3. The molecular weight excluding hydrogens is 1240 g/mol. The van der Waals surface area contributed by atoms with Gasteiger partial charge in [0.25, 0.3) is 5.91 Å². The minimum Gasteiger partial charge on any atom is -0.455 e. The number of ketones is 2. The van der Waals surface area contributed by atoms with Gasteiger partial charge in [-0.15, -0.1) is 11.3 Å². The van der Waals surface area contributed by atoms with E-state index < -0.39 is 167 Å². The van der Waals surface area contributed by atoms with Crippen molar-refractivity contribution < 1.29 is 81.9 Å². The molecule has 1 aromatic heterocycles. The standard InChI is InChI=1S/C71H86N6O17S/c1-40-50(38-71(90)62(94-66(88)45-24-15-10-16-25-45)60-69(6)39-91-52(69)37-51(79)70(60,7)61(84)41(2)57(40)68(71,4)5)92-67(89)59(58(43-20-11-8-12-21-43)77-65(87)44-22-13-9-14-23-44)93-56(83)33-32-53(80)74-34-18-17-27-48(64(73)86)76-55(82)30-28-46(63(72)85)36-49(78)42(3)75-54(81)31-29-47-26-19-35-95-47/h8-16,19-26,29,31,35,41-42,46,48,50-52,58-60,62,79,90H,17-18,27-28,30,32-34,36-39H2,1-7H3,(H2,72,85)(H2,73,86)(H,74,80)(H,75,81)(H,76,82)(H,77,87)/b31-29+/t41-,42?,46-,48?,50+,51+,52-,58-,59-,60-,62+,69-,70-,71-/m1/s1. The van der Waals surface area contributed by atoms with Crippen molar-refractivity contribution in [2.75, 3.05) is 13.2 Å². The summed E-state index contributed by atoms with van der Waals surface area (Å²) < 4.78 is 25.1. The first kappa shape index (κ1) is 72.1. The highest BCUT2D eigenvalue weighted by Gasteiger charge is 2.75. The van der Waals surface area contributed by atoms with Crippen molar-refractivity contribution >= 4 is 82.3 Å². The number of primary amides is 2. The van der Waals surface area contributed by atoms with E-state index in [1.165, 1.54) is 24.3 Å². The van der Waals surface area contributed by atoms with Gasteiger partial charge in [-0.1, -0.05) is 100 Å². The molecular formula is C71H86N6O17S. The second kappa shape index (κ2) is 30.8. The highest BCUT2D eigenvalue weighted by molar-refractivity contribution is 7.10. The number of nitrogens with one attached hydrogen (secondary N) is 4. The molecule has 3 fully saturated rings. The third-order valence-corrected chi connectivity index (χ3v) is 20.6. The maximum Gasteiger partial charge on any atom is 0.350 e. The molecule has 0 radical (unpaired) electrons. The average molecular weight is 1330 g/mol. The zero-order chi connectivity index (χ0) is 69.2. The predicted molar refractivity (Wildman–Crippen MR) is 349 cm³/mol. The van der Waals surface area contributed by atoms with Crippen LogP contribution in [0.5, 0.6) is 0 Å². The third-order valence-electron chi connectivity index (χ3n) is 19.7. The smallest absolute Gasteiger partial charge is 0.350 e. The number of fused-ring (bicyclic) bond motifs is 5. The second-order valence-electron chi connectivity index (χ2n) is 26.3. The van der Waals surface area contributed by atoms with Crippen molar-refractivity contribution in [3.8, 4) is 0 Å². The van der Waals surface area contributed by atoms with Gasteiger partial charge in [0.05, 0.1) is 42.3 Å². The summed E-state index contributed by atoms with van der Waals surface area (Å²) in [5.41, 5.74) is 6.57. The quantitative estimate of drug-likeness (QED) is 0.0104. The molecule has 23 nitrogen and oxygen atoms in total. The fourth-order valence-corrected chi connectivity index (χ4v) is 14.9. The van der Waals surface area contributed by atoms with Crippen LogP contribution in [0, 0.1) is 34.0 Å². The topological polar surface area (TPSA) is 365 Å². The molecule has 508 valence electrons. The lowest BCUT2D eigenvalue weighted by Gasteiger charge is -2.68. The van der Waals surface area contributed by atoms with Crippen molar-refractivity contribution in [3.05, 3.63) is 147 Å². The van der Waals surface area contributed by atoms with Crippen LogP contribution in [0.1, 0.15) is 150 Å². The van der Waals surface area contributed by atoms with Crippen LogP contribution >= 0.6 is 11.3 Å². The lowest BCUT2D eigenvalue weighted by molar-refractivity contribution is -0.312. The Labute approximate surface area is 555 Å². The normalized spacial score (nSPS) is 25.8. The molecule has 2 saturated carbocycles. The van der Waals surface area contributed by atoms with Gasteiger partial charge in [0.15, 0.2) is 5.78 Å². The molecule has 6 amide bonds. The van der Waals surface area contributed by atoms with Crippen LogP contribution in [-0.4, -0.2) is 136 Å². The Balaban J connectivity index is 0.945. The van der Waals surface area contributed by atoms with Gasteiger partial charge in [0.2, 0.25) is 35.6 Å². The summed E-state index contributed by atoms with van der Waals surface area (Å²) in [6.07, 6.45) is -5.31. The number of Topliss-reactive ketones (excluding diaryl/α,β-unsaturated/α-hetero) is 2. The number of hydrogen-bond donors (Lipinski definition) is 8. The molecule has 3 aliphatic carbocycles. The Hall–Kier alpha value is -8.71. The van der Waals surface area contributed by atoms with Gasteiger partial charge >= 0.3 is 17.9 Å². The zero-order valence-electron chi connectivity index (χ0n) is 54.5. The Morgan fingerprint density at radius 1 is 0.779 bits per heavy atom. The van der Waals surface area contributed by atoms with Crippen molar-refractivity contribution in [3.63, 3.8) is 0 Å². The largest absolute Gasteiger partial charge is 0.455 e. The Kier molecular flexibility index (Phi) is 23.4. The van der Waals surface area contributed by atoms with E-state index >= 15 is 9.59 Å². The number of amides is 6. The number of nitrogens with two attached hydrogens (primary N) is 2. The number of carbonyl (C=O) groups excluding carboxylic acids is 11. The Morgan fingerprint density at radius 2 is 1.43 bits per heavy atom. The number of unbranched alkanes of at least 4 members (excludes halogenated alkanes) is 1. The molecule has 10 N–H and O–H groups in total. The van der Waals surface area contributed by atoms with Crippen molar-refractivity contribution in [1.82, 2.24) is 21.3 Å². The molecule has 4 aliphatic rings. The number of thiophene rings is 1. The maximum absolute atomic E-state index is 15.5. The molecule has 2 bridgehead atoms. The van der Waals surface area contributed by atoms with Crippen LogP contribution in [-0.2, 0) is 62.1 Å². The number of hydrogen-bond acceptors (Lipinski definition) is 18. The first-order chi connectivity index (χ1) is 45.0. The number of aliphatic hydroxyl groups excluding tert-OH is 1. The van der Waals surface area contributed by atoms with Crippen LogP contribution in [0.15, 0.2) is 126 Å². The monoisotopic (exact) mass is 1330 g/mol. The summed E-state index contributed by atoms with van der Waals surface area (Å²) in [7, 11) is 0. The molecule has 2 unspecified atom stereocenters. The van der Waals surface area contributed by atoms with E-state index in [1.54, 1.807) is 132 Å². The van der Waals surface area contributed by atoms with Gasteiger partial charge < -0.3 is 61.9 Å². The first-order valence-electron chi connectivity index (χ1n) is 32.1. The van der Waals surface area contributed by atoms with Crippen molar-refractivity contribution in [1.29, 1.82) is 0 Å². The molecule has 14 atom stereocenters. The second-order valence-corrected chi connectivity index (χ2v) is 27.2. The van der Waals surface area contributed by atoms with E-state index in [2.05, 4.69) is 21.3 Å². The van der Waals surface area contributed by atoms with Gasteiger partial charge in [0.1, 0.15) is 35.7 Å². The summed E-state index contributed by atoms with van der Waals surface area (Å²) >= 11 is 1.43. The molecule has 24 heteroatoms. The molecule has 2 heterocycles. The number of carbonyl (C=O) groups is 11. The fraction of sp³-hybridized carbons (Fsp3) is 0.479. The third kappa shape index (κ3) is 16.2. The van der Waals surface area contributed by atoms with E-state index in [9.17, 15) is 53.4 Å². The first-order valence-corrected chi connectivity index (χ1v) is 32.9. The molecule has 1 aliphatic heterocycles. The predicted octanol–water partition coefficient (Wildman–Crippen LogP) is 5.85. The minimum absolute atomic E-state index is 0.0616. The van der Waals surface area contributed by atoms with Crippen LogP contribution in [0.2, 0.25) is 0 Å². The average Bonchev–Trinajstić information content (AvgIpc) is 0.726. The summed E-state index contributed by atoms with van der Waals surface area (Å²) in [5.74, 6) is -11.1. The van der Waals surface area contributed by atoms with Gasteiger partial charge in [0, 0.05) is 83.7 Å². The molecule has 1 saturated heterocycles. The SMILES string of the molecule is CC1=C2[C@@H](C)C(=O)[C@@]3(C)[C@H]([C@H](OC(=O)c4ccccc4)[C@](O)(C[C@@H]1OC(=O)[C@H](OC(=O)CCC(=O)NCCCCC(NC(=O)CC[C@H](CC(=O)C(C)NC(=O)/C=C/c1cccs1)C(N)=O)C(N)=O)[C@H](NC(=O)c1ccccc1)c1ccccc1)C2(C)C)[C@]1(C)CO[C@@H]1C[C@@H]3O. The van der Waals surface area contributed by atoms with Crippen LogP contribution in [0.4, 0.5) is 0 Å². The van der Waals surface area contributed by atoms with E-state index in [0.717, 1.165) is 4.88 Å². The molecule has 95 heavy (non-hydrogen) atoms. The number of esters is 3. The van der Waals surface area contributed by atoms with E-state index in [4.69, 9.17) is 30.4 Å². The highest BCUT2D eigenvalue weighted by Crippen LogP contribution is 2.66. The highest BCUT2D eigenvalue weighted by atomic mass is 32.1. The molecule has 3 aromatic carbocycles. The molecule has 8 rings (SSSR count). The summed E-state index contributed by atoms with van der Waals surface area (Å²) in [4.78, 5) is 151. The van der Waals surface area contributed by atoms with E-state index in [-0.39, 0.29) is 75.0 Å². The van der Waals surface area contributed by atoms with Crippen molar-refractivity contribution in [2.24, 2.45) is 45.5 Å². The maximum atomic E-state index is 15.5. The van der Waals surface area contributed by atoms with Crippen LogP contribution in [0.25, 0.3) is 6.08 Å². The lowest BCUT2D eigenvalue weighted by atomic mass is 9.41. The summed E-state index contributed by atoms with van der Waals surface area (Å²) in [5, 5.41) is 38.6. The molecule has 4 aromatic rings. The van der Waals surface area contributed by atoms with E-state index in [0.29, 0.717) is 16.7 Å². The van der Waals surface area contributed by atoms with Crippen LogP contribution in [0.3, 0.4) is 0 Å². The fourth-order valence-electron chi connectivity index (χ4n) is 14.3. The number of benzene rings is 3. The van der Waals surface area contributed by atoms with Gasteiger partial charge in [-0.2, -0.15) is 0 Å². The number of ether oxygens (including phenoxy) is 4. The molecule has 0 spiro atoms. The number of rotatable bonds is 29. The Morgan fingerprint density at radius 3 is 2.04 bits per heavy atom. The van der Waals surface area contributed by atoms with Gasteiger partial charge in [-0.05, 0) is 105 Å². The summed E-state index contributed by atoms with van der Waals surface area (Å²) in [6, 6.07) is 24.5. The van der Waals surface area contributed by atoms with Gasteiger partial charge in [-0.3, -0.25) is 43.2 Å². The van der Waals surface area contributed by atoms with E-state index in [1.807, 2.05) is 24.4 Å². The number of aliphatic hydroxyl groups is 2. The lowest BCUT2D eigenvalue weighted by Crippen LogP contribution is -2.77.